The third kappa shape index (κ3) is 2.89. The predicted octanol–water partition coefficient (Wildman–Crippen LogP) is 4.14. The Morgan fingerprint density at radius 1 is 0.889 bits per heavy atom. The zero-order chi connectivity index (χ0) is 19.0. The van der Waals surface area contributed by atoms with Crippen molar-refractivity contribution in [3.8, 4) is 5.69 Å². The summed E-state index contributed by atoms with van der Waals surface area (Å²) in [6, 6.07) is 20.0. The van der Waals surface area contributed by atoms with E-state index < -0.39 is 7.12 Å². The number of para-hydroxylation sites is 1. The number of aromatic nitrogens is 1. The normalized spacial score (nSPS) is 11.5. The van der Waals surface area contributed by atoms with Gasteiger partial charge in [0.25, 0.3) is 0 Å². The molecule has 0 aliphatic carbocycles. The number of hydrogen-bond acceptors (Lipinski definition) is 2. The number of fused-ring (bicyclic) bond motifs is 3. The highest BCUT2D eigenvalue weighted by Gasteiger charge is 2.17. The van der Waals surface area contributed by atoms with E-state index in [4.69, 9.17) is 0 Å². The van der Waals surface area contributed by atoms with Gasteiger partial charge < -0.3 is 14.6 Å². The van der Waals surface area contributed by atoms with E-state index in [1.807, 2.05) is 49.4 Å². The van der Waals surface area contributed by atoms with Crippen LogP contribution in [0.2, 0.25) is 0 Å². The Labute approximate surface area is 158 Å². The standard InChI is InChI=1S/C23H20BNO2/c1-3-8-17-13-20-21-15-18(24(26)27)11-12-22(21)25(19-9-6-5-7-10-19)23(20)14-16(17)4-2/h3-15,26-27H,2H2,1H3/b8-3-. The Morgan fingerprint density at radius 3 is 2.30 bits per heavy atom. The molecule has 1 aromatic heterocycles. The second-order valence-electron chi connectivity index (χ2n) is 6.52. The van der Waals surface area contributed by atoms with Crippen LogP contribution in [0.4, 0.5) is 0 Å². The smallest absolute Gasteiger partial charge is 0.423 e. The summed E-state index contributed by atoms with van der Waals surface area (Å²) in [5.74, 6) is 0. The highest BCUT2D eigenvalue weighted by Crippen LogP contribution is 2.34. The van der Waals surface area contributed by atoms with E-state index in [9.17, 15) is 10.0 Å². The van der Waals surface area contributed by atoms with Crippen molar-refractivity contribution in [2.45, 2.75) is 6.92 Å². The maximum absolute atomic E-state index is 9.62. The van der Waals surface area contributed by atoms with Crippen molar-refractivity contribution in [1.29, 1.82) is 0 Å². The van der Waals surface area contributed by atoms with E-state index >= 15 is 0 Å². The molecule has 0 radical (unpaired) electrons. The lowest BCUT2D eigenvalue weighted by atomic mass is 9.80. The number of nitrogens with zero attached hydrogens (tertiary/aromatic N) is 1. The van der Waals surface area contributed by atoms with Crippen LogP contribution in [0.1, 0.15) is 18.1 Å². The SMILES string of the molecule is C=Cc1cc2c(cc1/C=C\C)c1cc(B(O)O)ccc1n2-c1ccccc1. The van der Waals surface area contributed by atoms with Crippen molar-refractivity contribution in [1.82, 2.24) is 4.57 Å². The van der Waals surface area contributed by atoms with Crippen LogP contribution in [-0.4, -0.2) is 21.7 Å². The molecule has 4 rings (SSSR count). The first kappa shape index (κ1) is 17.3. The largest absolute Gasteiger partial charge is 0.488 e. The third-order valence-electron chi connectivity index (χ3n) is 4.87. The van der Waals surface area contributed by atoms with Crippen molar-refractivity contribution in [2.75, 3.05) is 0 Å². The van der Waals surface area contributed by atoms with E-state index in [2.05, 4.69) is 41.5 Å². The van der Waals surface area contributed by atoms with Crippen molar-refractivity contribution in [3.63, 3.8) is 0 Å². The first-order valence-electron chi connectivity index (χ1n) is 8.93. The summed E-state index contributed by atoms with van der Waals surface area (Å²) in [7, 11) is -1.49. The van der Waals surface area contributed by atoms with Gasteiger partial charge in [0, 0.05) is 16.5 Å². The average Bonchev–Trinajstić information content (AvgIpc) is 3.01. The lowest BCUT2D eigenvalue weighted by Crippen LogP contribution is -2.29. The van der Waals surface area contributed by atoms with Crippen LogP contribution in [-0.2, 0) is 0 Å². The maximum Gasteiger partial charge on any atom is 0.488 e. The van der Waals surface area contributed by atoms with E-state index in [0.717, 1.165) is 38.6 Å². The molecule has 0 aliphatic heterocycles. The van der Waals surface area contributed by atoms with Crippen LogP contribution in [0, 0.1) is 0 Å². The molecule has 0 fully saturated rings. The second-order valence-corrected chi connectivity index (χ2v) is 6.52. The monoisotopic (exact) mass is 353 g/mol. The van der Waals surface area contributed by atoms with E-state index in [0.29, 0.717) is 5.46 Å². The summed E-state index contributed by atoms with van der Waals surface area (Å²) >= 11 is 0. The Bertz CT molecular complexity index is 1170. The van der Waals surface area contributed by atoms with Gasteiger partial charge >= 0.3 is 7.12 Å². The Hall–Kier alpha value is -3.08. The zero-order valence-electron chi connectivity index (χ0n) is 15.1. The highest BCUT2D eigenvalue weighted by molar-refractivity contribution is 6.59. The van der Waals surface area contributed by atoms with Gasteiger partial charge in [-0.1, -0.05) is 55.1 Å². The van der Waals surface area contributed by atoms with Crippen molar-refractivity contribution < 1.29 is 10.0 Å². The molecule has 0 bridgehead atoms. The Kier molecular flexibility index (Phi) is 4.44. The zero-order valence-corrected chi connectivity index (χ0v) is 15.1. The summed E-state index contributed by atoms with van der Waals surface area (Å²) in [6.45, 7) is 5.96. The molecule has 0 saturated heterocycles. The summed E-state index contributed by atoms with van der Waals surface area (Å²) in [4.78, 5) is 0. The molecule has 0 saturated carbocycles. The van der Waals surface area contributed by atoms with E-state index in [1.165, 1.54) is 0 Å². The summed E-state index contributed by atoms with van der Waals surface area (Å²) in [6.07, 6.45) is 5.94. The molecule has 132 valence electrons. The maximum atomic E-state index is 9.62. The summed E-state index contributed by atoms with van der Waals surface area (Å²) in [5, 5.41) is 21.3. The molecule has 0 spiro atoms. The van der Waals surface area contributed by atoms with Gasteiger partial charge in [-0.2, -0.15) is 0 Å². The number of benzene rings is 3. The number of allylic oxidation sites excluding steroid dienone is 1. The molecule has 0 atom stereocenters. The second kappa shape index (κ2) is 6.91. The van der Waals surface area contributed by atoms with Crippen molar-refractivity contribution >= 4 is 46.5 Å². The van der Waals surface area contributed by atoms with Crippen LogP contribution in [0.3, 0.4) is 0 Å². The van der Waals surface area contributed by atoms with Crippen LogP contribution in [0.5, 0.6) is 0 Å². The quantitative estimate of drug-likeness (QED) is 0.542. The van der Waals surface area contributed by atoms with Crippen LogP contribution in [0.25, 0.3) is 39.6 Å². The number of hydrogen-bond donors (Lipinski definition) is 2. The molecule has 3 aromatic carbocycles. The van der Waals surface area contributed by atoms with E-state index in [-0.39, 0.29) is 0 Å². The van der Waals surface area contributed by atoms with E-state index in [1.54, 1.807) is 6.07 Å². The molecule has 4 aromatic rings. The topological polar surface area (TPSA) is 45.4 Å². The van der Waals surface area contributed by atoms with Crippen LogP contribution in [0.15, 0.2) is 73.3 Å². The fourth-order valence-corrected chi connectivity index (χ4v) is 3.63. The van der Waals surface area contributed by atoms with Gasteiger partial charge in [-0.3, -0.25) is 0 Å². The van der Waals surface area contributed by atoms with Gasteiger partial charge in [-0.15, -0.1) is 0 Å². The molecule has 27 heavy (non-hydrogen) atoms. The molecular weight excluding hydrogens is 333 g/mol. The minimum Gasteiger partial charge on any atom is -0.423 e. The van der Waals surface area contributed by atoms with Gasteiger partial charge in [0.2, 0.25) is 0 Å². The average molecular weight is 353 g/mol. The first-order chi connectivity index (χ1) is 13.1. The predicted molar refractivity (Wildman–Crippen MR) is 115 cm³/mol. The van der Waals surface area contributed by atoms with Crippen LogP contribution < -0.4 is 5.46 Å². The summed E-state index contributed by atoms with van der Waals surface area (Å²) in [5.41, 5.74) is 5.76. The molecule has 2 N–H and O–H groups in total. The molecule has 3 nitrogen and oxygen atoms in total. The molecule has 0 unspecified atom stereocenters. The summed E-state index contributed by atoms with van der Waals surface area (Å²) < 4.78 is 2.20. The Morgan fingerprint density at radius 2 is 1.63 bits per heavy atom. The molecule has 1 heterocycles. The van der Waals surface area contributed by atoms with Gasteiger partial charge in [-0.05, 0) is 53.8 Å². The minimum atomic E-state index is -1.49. The van der Waals surface area contributed by atoms with Gasteiger partial charge in [0.15, 0.2) is 0 Å². The van der Waals surface area contributed by atoms with Crippen molar-refractivity contribution in [2.24, 2.45) is 0 Å². The fourth-order valence-electron chi connectivity index (χ4n) is 3.63. The molecule has 0 amide bonds. The molecule has 0 aliphatic rings. The van der Waals surface area contributed by atoms with Crippen LogP contribution >= 0.6 is 0 Å². The minimum absolute atomic E-state index is 0.481. The molecular formula is C23H20BNO2. The lowest BCUT2D eigenvalue weighted by Gasteiger charge is -2.09. The number of rotatable bonds is 4. The van der Waals surface area contributed by atoms with Gasteiger partial charge in [-0.25, -0.2) is 0 Å². The lowest BCUT2D eigenvalue weighted by molar-refractivity contribution is 0.426. The molecule has 4 heteroatoms. The van der Waals surface area contributed by atoms with Crippen molar-refractivity contribution in [3.05, 3.63) is 84.4 Å². The van der Waals surface area contributed by atoms with Gasteiger partial charge in [0.1, 0.15) is 0 Å². The Balaban J connectivity index is 2.18. The fraction of sp³-hybridized carbons (Fsp3) is 0.0435. The van der Waals surface area contributed by atoms with Gasteiger partial charge in [0.05, 0.1) is 11.0 Å². The first-order valence-corrected chi connectivity index (χ1v) is 8.93. The highest BCUT2D eigenvalue weighted by atomic mass is 16.4. The third-order valence-corrected chi connectivity index (χ3v) is 4.87.